The van der Waals surface area contributed by atoms with Crippen LogP contribution in [-0.2, 0) is 32.3 Å². The fourth-order valence-corrected chi connectivity index (χ4v) is 7.88. The third kappa shape index (κ3) is 14.8. The quantitative estimate of drug-likeness (QED) is 0.118. The second-order valence-electron chi connectivity index (χ2n) is 12.2. The van der Waals surface area contributed by atoms with Gasteiger partial charge in [0.15, 0.2) is 0 Å². The van der Waals surface area contributed by atoms with Gasteiger partial charge in [0.1, 0.15) is 11.5 Å². The van der Waals surface area contributed by atoms with Gasteiger partial charge in [-0.1, -0.05) is 74.9 Å². The fraction of sp³-hybridized carbons (Fsp3) is 0.579. The molecule has 0 N–H and O–H groups in total. The summed E-state index contributed by atoms with van der Waals surface area (Å²) in [6, 6.07) is 17.2. The predicted molar refractivity (Wildman–Crippen MR) is 189 cm³/mol. The van der Waals surface area contributed by atoms with Crippen molar-refractivity contribution < 1.29 is 29.0 Å². The number of methoxy groups -OCH3 is 2. The molecule has 2 aromatic rings. The smallest absolute Gasteiger partial charge is 0.118 e. The third-order valence-corrected chi connectivity index (χ3v) is 10.5. The molecule has 0 heterocycles. The van der Waals surface area contributed by atoms with Gasteiger partial charge in [-0.15, -0.1) is 18.5 Å². The first-order valence-corrected chi connectivity index (χ1v) is 18.2. The molecule has 6 atom stereocenters. The molecule has 5 rings (SSSR count). The maximum Gasteiger partial charge on any atom is 0.118 e. The summed E-state index contributed by atoms with van der Waals surface area (Å²) in [5, 5.41) is 0. The number of ether oxygens (including phenoxy) is 2. The average Bonchev–Trinajstić information content (AvgIpc) is 3.03. The average molecular weight is 711 g/mol. The van der Waals surface area contributed by atoms with Crippen molar-refractivity contribution in [3.8, 4) is 11.5 Å². The van der Waals surface area contributed by atoms with Crippen LogP contribution in [0.4, 0.5) is 0 Å². The number of allylic oxidation sites excluding steroid dienone is 4. The molecule has 6 unspecified atom stereocenters. The van der Waals surface area contributed by atoms with Crippen LogP contribution in [-0.4, -0.2) is 26.5 Å². The summed E-state index contributed by atoms with van der Waals surface area (Å²) in [7, 11) is 9.31. The van der Waals surface area contributed by atoms with Gasteiger partial charge in [-0.3, -0.25) is 6.08 Å². The van der Waals surface area contributed by atoms with Crippen molar-refractivity contribution in [1.29, 1.82) is 0 Å². The summed E-state index contributed by atoms with van der Waals surface area (Å²) in [5.41, 5.74) is 2.92. The molecule has 241 valence electrons. The molecule has 5 heteroatoms. The maximum absolute atomic E-state index is 5.20. The van der Waals surface area contributed by atoms with Crippen molar-refractivity contribution in [3.63, 3.8) is 0 Å². The topological polar surface area (TPSA) is 18.5 Å². The second kappa shape index (κ2) is 23.4. The molecule has 0 bridgehead atoms. The van der Waals surface area contributed by atoms with E-state index in [-0.39, 0.29) is 19.5 Å². The Morgan fingerprint density at radius 2 is 1.02 bits per heavy atom. The SMILES string of the molecule is COc1ccc(CC2CCCCC2CP)cc1.COc1ccc(CC2CCCCC2CP)cc1.[C-]1=CCCC=CCC1.[Rh]. The Hall–Kier alpha value is -0.997. The van der Waals surface area contributed by atoms with Crippen molar-refractivity contribution in [2.24, 2.45) is 23.7 Å². The minimum absolute atomic E-state index is 0. The van der Waals surface area contributed by atoms with E-state index in [2.05, 4.69) is 91.3 Å². The Balaban J connectivity index is 0.000000237. The molecule has 2 saturated carbocycles. The van der Waals surface area contributed by atoms with E-state index in [1.54, 1.807) is 14.2 Å². The first kappa shape index (κ1) is 38.2. The van der Waals surface area contributed by atoms with Gasteiger partial charge >= 0.3 is 0 Å². The van der Waals surface area contributed by atoms with Crippen LogP contribution in [0.2, 0.25) is 0 Å². The molecule has 0 aromatic heterocycles. The van der Waals surface area contributed by atoms with Gasteiger partial charge in [-0.2, -0.15) is 6.42 Å². The monoisotopic (exact) mass is 710 g/mol. The van der Waals surface area contributed by atoms with Crippen molar-refractivity contribution in [2.45, 2.75) is 89.9 Å². The van der Waals surface area contributed by atoms with E-state index in [0.717, 1.165) is 41.6 Å². The molecule has 3 aliphatic rings. The Bertz CT molecular complexity index is 926. The van der Waals surface area contributed by atoms with E-state index < -0.39 is 0 Å². The van der Waals surface area contributed by atoms with Gasteiger partial charge in [0.25, 0.3) is 0 Å². The summed E-state index contributed by atoms with van der Waals surface area (Å²) < 4.78 is 10.4. The molecule has 2 aromatic carbocycles. The van der Waals surface area contributed by atoms with Gasteiger partial charge in [0.2, 0.25) is 0 Å². The second-order valence-corrected chi connectivity index (χ2v) is 13.1. The first-order chi connectivity index (χ1) is 20.7. The van der Waals surface area contributed by atoms with Crippen LogP contribution in [0.15, 0.2) is 66.8 Å². The van der Waals surface area contributed by atoms with Gasteiger partial charge in [0.05, 0.1) is 14.2 Å². The van der Waals surface area contributed by atoms with Gasteiger partial charge in [-0.25, -0.2) is 0 Å². The molecule has 2 nitrogen and oxygen atoms in total. The Labute approximate surface area is 281 Å². The molecule has 0 saturated heterocycles. The standard InChI is InChI=1S/2C15H23OP.C8H11.Rh/c2*1-16-15-8-6-12(7-9-15)10-13-4-2-3-5-14(13)11-17;1-2-4-6-8-7-5-3-1;/h2*6-9,13-14H,2-5,10-11,17H2,1H3;1-2,7H,3-6H2;/q;;-1;. The van der Waals surface area contributed by atoms with E-state index in [4.69, 9.17) is 9.47 Å². The maximum atomic E-state index is 5.20. The third-order valence-electron chi connectivity index (χ3n) is 9.30. The van der Waals surface area contributed by atoms with E-state index in [1.165, 1.54) is 107 Å². The zero-order valence-electron chi connectivity index (χ0n) is 26.8. The van der Waals surface area contributed by atoms with Crippen LogP contribution in [0.1, 0.15) is 88.2 Å². The molecule has 3 aliphatic carbocycles. The van der Waals surface area contributed by atoms with E-state index in [0.29, 0.717) is 0 Å². The van der Waals surface area contributed by atoms with Crippen LogP contribution in [0.5, 0.6) is 11.5 Å². The molecular weight excluding hydrogens is 653 g/mol. The minimum atomic E-state index is 0. The number of hydrogen-bond donors (Lipinski definition) is 0. The van der Waals surface area contributed by atoms with Crippen LogP contribution in [0.25, 0.3) is 0 Å². The van der Waals surface area contributed by atoms with Crippen LogP contribution in [0, 0.1) is 29.7 Å². The number of benzene rings is 2. The van der Waals surface area contributed by atoms with Crippen LogP contribution in [0.3, 0.4) is 0 Å². The number of rotatable bonds is 8. The molecular formula is C38H57O2P2Rh-. The Morgan fingerprint density at radius 3 is 1.44 bits per heavy atom. The fourth-order valence-electron chi connectivity index (χ4n) is 6.64. The minimum Gasteiger partial charge on any atom is -0.500 e. The number of hydrogen-bond acceptors (Lipinski definition) is 2. The Kier molecular flexibility index (Phi) is 20.7. The summed E-state index contributed by atoms with van der Waals surface area (Å²) >= 11 is 0. The van der Waals surface area contributed by atoms with E-state index in [1.807, 2.05) is 0 Å². The summed E-state index contributed by atoms with van der Waals surface area (Å²) in [4.78, 5) is 0. The van der Waals surface area contributed by atoms with Gasteiger partial charge < -0.3 is 15.5 Å². The zero-order valence-corrected chi connectivity index (χ0v) is 30.7. The molecule has 43 heavy (non-hydrogen) atoms. The molecule has 2 fully saturated rings. The van der Waals surface area contributed by atoms with E-state index >= 15 is 0 Å². The van der Waals surface area contributed by atoms with Crippen molar-refractivity contribution >= 4 is 18.5 Å². The van der Waals surface area contributed by atoms with Crippen molar-refractivity contribution in [1.82, 2.24) is 0 Å². The van der Waals surface area contributed by atoms with Gasteiger partial charge in [-0.05, 0) is 116 Å². The summed E-state index contributed by atoms with van der Waals surface area (Å²) in [6.07, 6.45) is 30.9. The molecule has 0 amide bonds. The van der Waals surface area contributed by atoms with Crippen LogP contribution >= 0.6 is 18.5 Å². The van der Waals surface area contributed by atoms with Crippen molar-refractivity contribution in [2.75, 3.05) is 26.5 Å². The normalized spacial score (nSPS) is 23.2. The first-order valence-electron chi connectivity index (χ1n) is 16.5. The molecule has 1 radical (unpaired) electrons. The summed E-state index contributed by atoms with van der Waals surface area (Å²) in [5.74, 6) is 5.51. The predicted octanol–water partition coefficient (Wildman–Crippen LogP) is 10.3. The van der Waals surface area contributed by atoms with E-state index in [9.17, 15) is 0 Å². The molecule has 0 spiro atoms. The largest absolute Gasteiger partial charge is 0.500 e. The van der Waals surface area contributed by atoms with Crippen LogP contribution < -0.4 is 9.47 Å². The Morgan fingerprint density at radius 1 is 0.605 bits per heavy atom. The zero-order chi connectivity index (χ0) is 29.8. The molecule has 0 aliphatic heterocycles. The van der Waals surface area contributed by atoms with Gasteiger partial charge in [0, 0.05) is 19.5 Å². The summed E-state index contributed by atoms with van der Waals surface area (Å²) in [6.45, 7) is 0. The van der Waals surface area contributed by atoms with Crippen molar-refractivity contribution in [3.05, 3.63) is 84.0 Å².